The van der Waals surface area contributed by atoms with E-state index in [1.807, 2.05) is 6.07 Å². The van der Waals surface area contributed by atoms with Crippen LogP contribution in [0.2, 0.25) is 0 Å². The highest BCUT2D eigenvalue weighted by Gasteiger charge is 2.29. The normalized spacial score (nSPS) is 12.8. The van der Waals surface area contributed by atoms with Crippen molar-refractivity contribution in [3.63, 3.8) is 0 Å². The number of methoxy groups -OCH3 is 1. The van der Waals surface area contributed by atoms with E-state index >= 15 is 0 Å². The van der Waals surface area contributed by atoms with Crippen LogP contribution in [0.3, 0.4) is 0 Å². The molecular formula is C28H23F2N3O4. The summed E-state index contributed by atoms with van der Waals surface area (Å²) in [5, 5.41) is 8.07. The number of carbonyl (C=O) groups is 1. The SMILES string of the molecule is COC[C@H](NC(=O)c1ccco1)[C@@H](Oc1ccc2c(cnn2-c2ccc(F)cc2)c1)c1cccc(F)c1. The Hall–Kier alpha value is -4.50. The summed E-state index contributed by atoms with van der Waals surface area (Å²) in [6.45, 7) is 0.0956. The Kier molecular flexibility index (Phi) is 6.96. The van der Waals surface area contributed by atoms with E-state index in [9.17, 15) is 13.6 Å². The quantitative estimate of drug-likeness (QED) is 0.289. The van der Waals surface area contributed by atoms with Gasteiger partial charge in [-0.1, -0.05) is 12.1 Å². The predicted octanol–water partition coefficient (Wildman–Crippen LogP) is 5.46. The average molecular weight is 504 g/mol. The van der Waals surface area contributed by atoms with Gasteiger partial charge < -0.3 is 19.2 Å². The van der Waals surface area contributed by atoms with E-state index in [1.165, 1.54) is 37.6 Å². The molecule has 5 rings (SSSR count). The zero-order valence-electron chi connectivity index (χ0n) is 19.8. The number of rotatable bonds is 9. The highest BCUT2D eigenvalue weighted by atomic mass is 19.1. The lowest BCUT2D eigenvalue weighted by Crippen LogP contribution is -2.44. The summed E-state index contributed by atoms with van der Waals surface area (Å²) >= 11 is 0. The molecule has 0 spiro atoms. The number of carbonyl (C=O) groups excluding carboxylic acids is 1. The maximum Gasteiger partial charge on any atom is 0.287 e. The molecular weight excluding hydrogens is 480 g/mol. The number of hydrogen-bond acceptors (Lipinski definition) is 5. The van der Waals surface area contributed by atoms with Crippen molar-refractivity contribution in [3.8, 4) is 11.4 Å². The van der Waals surface area contributed by atoms with Gasteiger partial charge in [-0.25, -0.2) is 13.5 Å². The van der Waals surface area contributed by atoms with E-state index in [0.29, 0.717) is 17.0 Å². The van der Waals surface area contributed by atoms with E-state index in [2.05, 4.69) is 10.4 Å². The Morgan fingerprint density at radius 2 is 1.86 bits per heavy atom. The number of halogens is 2. The molecule has 37 heavy (non-hydrogen) atoms. The van der Waals surface area contributed by atoms with Gasteiger partial charge in [-0.2, -0.15) is 5.10 Å². The monoisotopic (exact) mass is 503 g/mol. The molecule has 0 aliphatic heterocycles. The number of furan rings is 1. The van der Waals surface area contributed by atoms with Crippen LogP contribution in [0.25, 0.3) is 16.6 Å². The van der Waals surface area contributed by atoms with Gasteiger partial charge >= 0.3 is 0 Å². The first-order valence-electron chi connectivity index (χ1n) is 11.5. The Balaban J connectivity index is 1.47. The van der Waals surface area contributed by atoms with Gasteiger partial charge in [0.2, 0.25) is 0 Å². The molecule has 0 saturated heterocycles. The van der Waals surface area contributed by atoms with Gasteiger partial charge in [-0.15, -0.1) is 0 Å². The molecule has 0 aliphatic rings. The van der Waals surface area contributed by atoms with E-state index < -0.39 is 23.9 Å². The zero-order valence-corrected chi connectivity index (χ0v) is 19.8. The molecule has 0 aliphatic carbocycles. The molecule has 0 unspecified atom stereocenters. The van der Waals surface area contributed by atoms with Crippen molar-refractivity contribution < 1.29 is 27.5 Å². The Bertz CT molecular complexity index is 1500. The second kappa shape index (κ2) is 10.6. The van der Waals surface area contributed by atoms with E-state index in [-0.39, 0.29) is 18.2 Å². The lowest BCUT2D eigenvalue weighted by atomic mass is 10.0. The van der Waals surface area contributed by atoms with Crippen LogP contribution in [0, 0.1) is 11.6 Å². The number of nitrogens with zero attached hydrogens (tertiary/aromatic N) is 2. The number of benzene rings is 3. The van der Waals surface area contributed by atoms with Gasteiger partial charge in [0.1, 0.15) is 23.5 Å². The summed E-state index contributed by atoms with van der Waals surface area (Å²) in [5.41, 5.74) is 2.02. The van der Waals surface area contributed by atoms with Crippen LogP contribution in [0.4, 0.5) is 8.78 Å². The minimum absolute atomic E-state index is 0.0956. The summed E-state index contributed by atoms with van der Waals surface area (Å²) in [6.07, 6.45) is 2.29. The maximum atomic E-state index is 14.2. The number of fused-ring (bicyclic) bond motifs is 1. The van der Waals surface area contributed by atoms with Crippen LogP contribution in [0.15, 0.2) is 95.7 Å². The summed E-state index contributed by atoms with van der Waals surface area (Å²) in [5.74, 6) is -0.602. The van der Waals surface area contributed by atoms with Crippen LogP contribution >= 0.6 is 0 Å². The molecule has 1 amide bonds. The molecule has 2 heterocycles. The molecule has 188 valence electrons. The Labute approximate surface area is 211 Å². The average Bonchev–Trinajstić information content (AvgIpc) is 3.58. The fourth-order valence-corrected chi connectivity index (χ4v) is 4.12. The molecule has 0 fully saturated rings. The molecule has 0 radical (unpaired) electrons. The van der Waals surface area contributed by atoms with Crippen LogP contribution < -0.4 is 10.1 Å². The molecule has 2 atom stereocenters. The first-order valence-corrected chi connectivity index (χ1v) is 11.5. The molecule has 2 aromatic heterocycles. The second-order valence-electron chi connectivity index (χ2n) is 8.36. The third kappa shape index (κ3) is 5.36. The number of aromatic nitrogens is 2. The van der Waals surface area contributed by atoms with E-state index in [0.717, 1.165) is 10.9 Å². The molecule has 9 heteroatoms. The Morgan fingerprint density at radius 1 is 1.03 bits per heavy atom. The molecule has 7 nitrogen and oxygen atoms in total. The predicted molar refractivity (Wildman–Crippen MR) is 133 cm³/mol. The first kappa shape index (κ1) is 24.2. The summed E-state index contributed by atoms with van der Waals surface area (Å²) < 4.78 is 46.1. The highest BCUT2D eigenvalue weighted by molar-refractivity contribution is 5.91. The summed E-state index contributed by atoms with van der Waals surface area (Å²) in [6, 6.07) is 19.9. The number of ether oxygens (including phenoxy) is 2. The minimum atomic E-state index is -0.792. The number of nitrogens with one attached hydrogen (secondary N) is 1. The van der Waals surface area contributed by atoms with Crippen molar-refractivity contribution in [2.45, 2.75) is 12.1 Å². The third-order valence-electron chi connectivity index (χ3n) is 5.82. The lowest BCUT2D eigenvalue weighted by molar-refractivity contribution is 0.0666. The smallest absolute Gasteiger partial charge is 0.287 e. The van der Waals surface area contributed by atoms with Gasteiger partial charge in [0, 0.05) is 12.5 Å². The summed E-state index contributed by atoms with van der Waals surface area (Å²) in [4.78, 5) is 12.8. The van der Waals surface area contributed by atoms with Crippen molar-refractivity contribution in [1.82, 2.24) is 15.1 Å². The molecule has 3 aromatic carbocycles. The number of hydrogen-bond donors (Lipinski definition) is 1. The van der Waals surface area contributed by atoms with Crippen molar-refractivity contribution in [2.24, 2.45) is 0 Å². The number of amides is 1. The second-order valence-corrected chi connectivity index (χ2v) is 8.36. The van der Waals surface area contributed by atoms with Crippen LogP contribution in [-0.2, 0) is 4.74 Å². The van der Waals surface area contributed by atoms with Crippen molar-refractivity contribution in [1.29, 1.82) is 0 Å². The largest absolute Gasteiger partial charge is 0.483 e. The molecule has 0 bridgehead atoms. The minimum Gasteiger partial charge on any atom is -0.483 e. The van der Waals surface area contributed by atoms with Crippen molar-refractivity contribution in [3.05, 3.63) is 114 Å². The van der Waals surface area contributed by atoms with Crippen molar-refractivity contribution in [2.75, 3.05) is 13.7 Å². The van der Waals surface area contributed by atoms with Gasteiger partial charge in [0.25, 0.3) is 5.91 Å². The van der Waals surface area contributed by atoms with Gasteiger partial charge in [-0.3, -0.25) is 4.79 Å². The molecule has 0 saturated carbocycles. The van der Waals surface area contributed by atoms with Gasteiger partial charge in [0.15, 0.2) is 5.76 Å². The zero-order chi connectivity index (χ0) is 25.8. The first-order chi connectivity index (χ1) is 18.0. The highest BCUT2D eigenvalue weighted by Crippen LogP contribution is 2.30. The fourth-order valence-electron chi connectivity index (χ4n) is 4.12. The van der Waals surface area contributed by atoms with E-state index in [1.54, 1.807) is 59.4 Å². The van der Waals surface area contributed by atoms with Crippen molar-refractivity contribution >= 4 is 16.8 Å². The Morgan fingerprint density at radius 3 is 2.59 bits per heavy atom. The van der Waals surface area contributed by atoms with Gasteiger partial charge in [0.05, 0.1) is 36.3 Å². The van der Waals surface area contributed by atoms with Crippen LogP contribution in [0.5, 0.6) is 5.75 Å². The fraction of sp³-hybridized carbons (Fsp3) is 0.143. The van der Waals surface area contributed by atoms with E-state index in [4.69, 9.17) is 13.9 Å². The lowest BCUT2D eigenvalue weighted by Gasteiger charge is -2.28. The van der Waals surface area contributed by atoms with Crippen LogP contribution in [0.1, 0.15) is 22.2 Å². The topological polar surface area (TPSA) is 78.5 Å². The summed E-state index contributed by atoms with van der Waals surface area (Å²) in [7, 11) is 1.50. The molecule has 1 N–H and O–H groups in total. The standard InChI is InChI=1S/C28H23F2N3O4/c1-35-17-24(32-28(34)26-6-3-13-36-26)27(18-4-2-5-21(30)14-18)37-23-11-12-25-19(15-23)16-31-33(25)22-9-7-20(29)8-10-22/h2-16,24,27H,17H2,1H3,(H,32,34)/t24-,27-/m0/s1. The third-order valence-corrected chi connectivity index (χ3v) is 5.82. The van der Waals surface area contributed by atoms with Gasteiger partial charge in [-0.05, 0) is 72.3 Å². The molecule has 5 aromatic rings. The van der Waals surface area contributed by atoms with Crippen LogP contribution in [-0.4, -0.2) is 35.4 Å². The maximum absolute atomic E-state index is 14.2.